The second-order valence-electron chi connectivity index (χ2n) is 6.14. The van der Waals surface area contributed by atoms with Crippen LogP contribution in [0.4, 0.5) is 0 Å². The molecule has 112 valence electrons. The molecular weight excluding hydrogens is 334 g/mol. The van der Waals surface area contributed by atoms with Crippen LogP contribution < -0.4 is 5.32 Å². The Bertz CT molecular complexity index is 583. The summed E-state index contributed by atoms with van der Waals surface area (Å²) in [5.74, 6) is -1.80. The van der Waals surface area contributed by atoms with Crippen molar-refractivity contribution < 1.29 is 14.7 Å². The number of halogens is 1. The Morgan fingerprint density at radius 2 is 2.00 bits per heavy atom. The molecule has 2 aliphatic carbocycles. The minimum atomic E-state index is -0.852. The Labute approximate surface area is 132 Å². The molecule has 0 bridgehead atoms. The number of carbonyl (C=O) groups excluding carboxylic acids is 1. The molecule has 0 aliphatic heterocycles. The Morgan fingerprint density at radius 1 is 1.29 bits per heavy atom. The molecule has 2 fully saturated rings. The van der Waals surface area contributed by atoms with E-state index < -0.39 is 11.9 Å². The first kappa shape index (κ1) is 14.6. The fourth-order valence-electron chi connectivity index (χ4n) is 3.03. The number of hydrogen-bond acceptors (Lipinski definition) is 2. The van der Waals surface area contributed by atoms with Crippen LogP contribution in [0.15, 0.2) is 28.7 Å². The molecule has 4 nitrogen and oxygen atoms in total. The van der Waals surface area contributed by atoms with Gasteiger partial charge in [-0.3, -0.25) is 9.59 Å². The maximum atomic E-state index is 12.1. The summed E-state index contributed by atoms with van der Waals surface area (Å²) >= 11 is 3.48. The molecule has 0 spiro atoms. The first-order chi connectivity index (χ1) is 10.0. The van der Waals surface area contributed by atoms with Crippen molar-refractivity contribution in [3.8, 4) is 0 Å². The molecule has 1 aromatic carbocycles. The van der Waals surface area contributed by atoms with E-state index in [-0.39, 0.29) is 17.2 Å². The van der Waals surface area contributed by atoms with Gasteiger partial charge in [0, 0.05) is 16.4 Å². The van der Waals surface area contributed by atoms with Gasteiger partial charge in [0.25, 0.3) is 0 Å². The van der Waals surface area contributed by atoms with E-state index in [0.717, 1.165) is 17.3 Å². The Morgan fingerprint density at radius 3 is 2.52 bits per heavy atom. The van der Waals surface area contributed by atoms with Crippen LogP contribution in [0.25, 0.3) is 0 Å². The highest BCUT2D eigenvalue weighted by Crippen LogP contribution is 2.48. The van der Waals surface area contributed by atoms with E-state index >= 15 is 0 Å². The predicted molar refractivity (Wildman–Crippen MR) is 81.9 cm³/mol. The predicted octanol–water partition coefficient (Wildman–Crippen LogP) is 2.71. The van der Waals surface area contributed by atoms with Gasteiger partial charge in [0.2, 0.25) is 5.91 Å². The number of hydrogen-bond donors (Lipinski definition) is 2. The van der Waals surface area contributed by atoms with Gasteiger partial charge in [-0.1, -0.05) is 28.1 Å². The topological polar surface area (TPSA) is 66.4 Å². The van der Waals surface area contributed by atoms with Crippen molar-refractivity contribution in [1.82, 2.24) is 5.32 Å². The largest absolute Gasteiger partial charge is 0.481 e. The molecule has 0 aromatic heterocycles. The van der Waals surface area contributed by atoms with Crippen molar-refractivity contribution in [3.63, 3.8) is 0 Å². The number of rotatable bonds is 5. The summed E-state index contributed by atoms with van der Waals surface area (Å²) in [4.78, 5) is 23.1. The zero-order valence-corrected chi connectivity index (χ0v) is 13.2. The fraction of sp³-hybridized carbons (Fsp3) is 0.500. The highest BCUT2D eigenvalue weighted by molar-refractivity contribution is 9.10. The van der Waals surface area contributed by atoms with Crippen molar-refractivity contribution in [3.05, 3.63) is 34.3 Å². The van der Waals surface area contributed by atoms with E-state index in [1.54, 1.807) is 0 Å². The van der Waals surface area contributed by atoms with Gasteiger partial charge in [-0.2, -0.15) is 0 Å². The Kier molecular flexibility index (Phi) is 3.78. The summed E-state index contributed by atoms with van der Waals surface area (Å²) in [5, 5.41) is 12.0. The van der Waals surface area contributed by atoms with Crippen LogP contribution >= 0.6 is 15.9 Å². The number of aliphatic carboxylic acids is 1. The summed E-state index contributed by atoms with van der Waals surface area (Å²) < 4.78 is 1.04. The molecule has 21 heavy (non-hydrogen) atoms. The number of carboxylic acids is 1. The molecule has 2 atom stereocenters. The molecule has 1 aromatic rings. The van der Waals surface area contributed by atoms with Crippen LogP contribution in [-0.2, 0) is 15.0 Å². The van der Waals surface area contributed by atoms with Gasteiger partial charge in [-0.15, -0.1) is 0 Å². The van der Waals surface area contributed by atoms with Crippen LogP contribution in [0.5, 0.6) is 0 Å². The second-order valence-corrected chi connectivity index (χ2v) is 7.05. The number of benzene rings is 1. The summed E-state index contributed by atoms with van der Waals surface area (Å²) in [6.07, 6.45) is 3.43. The molecule has 1 amide bonds. The van der Waals surface area contributed by atoms with Crippen LogP contribution in [0.3, 0.4) is 0 Å². The molecule has 0 radical (unpaired) electrons. The van der Waals surface area contributed by atoms with Gasteiger partial charge in [0.15, 0.2) is 0 Å². The number of carbonyl (C=O) groups is 2. The lowest BCUT2D eigenvalue weighted by Gasteiger charge is -2.32. The molecule has 3 rings (SSSR count). The minimum Gasteiger partial charge on any atom is -0.481 e. The highest BCUT2D eigenvalue weighted by atomic mass is 79.9. The number of amides is 1. The Balaban J connectivity index is 1.60. The standard InChI is InChI=1S/C16H18BrNO3/c17-11-3-1-2-10(8-11)16(6-7-16)9-18-14(19)12-4-5-13(12)15(20)21/h1-3,8,12-13H,4-7,9H2,(H,18,19)(H,20,21). The van der Waals surface area contributed by atoms with Crippen molar-refractivity contribution in [2.75, 3.05) is 6.54 Å². The maximum Gasteiger partial charge on any atom is 0.307 e. The lowest BCUT2D eigenvalue weighted by molar-refractivity contribution is -0.152. The monoisotopic (exact) mass is 351 g/mol. The van der Waals surface area contributed by atoms with Crippen molar-refractivity contribution >= 4 is 27.8 Å². The third kappa shape index (κ3) is 2.84. The second kappa shape index (κ2) is 5.44. The van der Waals surface area contributed by atoms with Crippen molar-refractivity contribution in [2.45, 2.75) is 31.1 Å². The van der Waals surface area contributed by atoms with Gasteiger partial charge in [0.1, 0.15) is 0 Å². The summed E-state index contributed by atoms with van der Waals surface area (Å²) in [5.41, 5.74) is 1.28. The Hall–Kier alpha value is -1.36. The van der Waals surface area contributed by atoms with E-state index in [9.17, 15) is 9.59 Å². The number of carboxylic acid groups (broad SMARTS) is 1. The molecule has 0 heterocycles. The molecule has 5 heteroatoms. The normalized spacial score (nSPS) is 25.8. The summed E-state index contributed by atoms with van der Waals surface area (Å²) in [6.45, 7) is 0.602. The van der Waals surface area contributed by atoms with Crippen LogP contribution in [0.1, 0.15) is 31.2 Å². The SMILES string of the molecule is O=C(O)C1CCC1C(=O)NCC1(c2cccc(Br)c2)CC1. The van der Waals surface area contributed by atoms with Crippen molar-refractivity contribution in [2.24, 2.45) is 11.8 Å². The van der Waals surface area contributed by atoms with Gasteiger partial charge in [-0.25, -0.2) is 0 Å². The molecule has 2 N–H and O–H groups in total. The molecule has 2 unspecified atom stereocenters. The molecule has 2 saturated carbocycles. The lowest BCUT2D eigenvalue weighted by atomic mass is 9.73. The summed E-state index contributed by atoms with van der Waals surface area (Å²) in [7, 11) is 0. The zero-order chi connectivity index (χ0) is 15.0. The van der Waals surface area contributed by atoms with Crippen LogP contribution in [0.2, 0.25) is 0 Å². The fourth-order valence-corrected chi connectivity index (χ4v) is 3.43. The lowest BCUT2D eigenvalue weighted by Crippen LogP contribution is -2.45. The summed E-state index contributed by atoms with van der Waals surface area (Å²) in [6, 6.07) is 8.19. The quantitative estimate of drug-likeness (QED) is 0.856. The first-order valence-corrected chi connectivity index (χ1v) is 8.08. The van der Waals surface area contributed by atoms with Crippen LogP contribution in [0, 0.1) is 11.8 Å². The number of nitrogens with one attached hydrogen (secondary N) is 1. The molecule has 0 saturated heterocycles. The third-order valence-corrected chi connectivity index (χ3v) is 5.31. The maximum absolute atomic E-state index is 12.1. The first-order valence-electron chi connectivity index (χ1n) is 7.28. The van der Waals surface area contributed by atoms with Gasteiger partial charge < -0.3 is 10.4 Å². The van der Waals surface area contributed by atoms with Gasteiger partial charge in [0.05, 0.1) is 11.8 Å². The van der Waals surface area contributed by atoms with Gasteiger partial charge >= 0.3 is 5.97 Å². The van der Waals surface area contributed by atoms with E-state index in [4.69, 9.17) is 5.11 Å². The zero-order valence-electron chi connectivity index (χ0n) is 11.6. The smallest absolute Gasteiger partial charge is 0.307 e. The van der Waals surface area contributed by atoms with Gasteiger partial charge in [-0.05, 0) is 43.4 Å². The van der Waals surface area contributed by atoms with Crippen molar-refractivity contribution in [1.29, 1.82) is 0 Å². The minimum absolute atomic E-state index is 0.0436. The average molecular weight is 352 g/mol. The molecular formula is C16H18BrNO3. The third-order valence-electron chi connectivity index (χ3n) is 4.82. The van der Waals surface area contributed by atoms with Crippen LogP contribution in [-0.4, -0.2) is 23.5 Å². The average Bonchev–Trinajstić information content (AvgIpc) is 3.15. The highest BCUT2D eigenvalue weighted by Gasteiger charge is 2.46. The van der Waals surface area contributed by atoms with E-state index in [2.05, 4.69) is 33.4 Å². The van der Waals surface area contributed by atoms with E-state index in [1.807, 2.05) is 12.1 Å². The van der Waals surface area contributed by atoms with E-state index in [0.29, 0.717) is 19.4 Å². The van der Waals surface area contributed by atoms with E-state index in [1.165, 1.54) is 5.56 Å². The molecule has 2 aliphatic rings.